The summed E-state index contributed by atoms with van der Waals surface area (Å²) in [4.78, 5) is 12.4. The number of anilines is 2. The molecule has 1 unspecified atom stereocenters. The van der Waals surface area contributed by atoms with E-state index in [4.69, 9.17) is 5.84 Å². The molecule has 1 saturated heterocycles. The zero-order valence-electron chi connectivity index (χ0n) is 11.4. The van der Waals surface area contributed by atoms with E-state index in [1.54, 1.807) is 17.0 Å². The van der Waals surface area contributed by atoms with Crippen LogP contribution < -0.4 is 16.2 Å². The van der Waals surface area contributed by atoms with Crippen molar-refractivity contribution in [2.45, 2.75) is 5.37 Å². The third-order valence-electron chi connectivity index (χ3n) is 3.24. The molecule has 0 saturated carbocycles. The molecule has 0 amide bonds. The molecule has 1 aliphatic rings. The second-order valence-corrected chi connectivity index (χ2v) is 7.98. The molecule has 0 radical (unpaired) electrons. The summed E-state index contributed by atoms with van der Waals surface area (Å²) in [5, 5.41) is 10.6. The zero-order chi connectivity index (χ0) is 15.6. The van der Waals surface area contributed by atoms with Crippen molar-refractivity contribution in [1.82, 2.24) is 0 Å². The van der Waals surface area contributed by atoms with Gasteiger partial charge in [0.15, 0.2) is 9.84 Å². The predicted octanol–water partition coefficient (Wildman–Crippen LogP) is 0.804. The van der Waals surface area contributed by atoms with Crippen LogP contribution in [0.5, 0.6) is 0 Å². The number of hydrogen-bond acceptors (Lipinski definition) is 8. The molecule has 1 atom stereocenters. The topological polar surface area (TPSA) is 119 Å². The predicted molar refractivity (Wildman–Crippen MR) is 84.2 cm³/mol. The molecule has 0 bridgehead atoms. The van der Waals surface area contributed by atoms with E-state index in [1.807, 2.05) is 0 Å². The highest BCUT2D eigenvalue weighted by molar-refractivity contribution is 8.01. The van der Waals surface area contributed by atoms with Crippen LogP contribution >= 0.6 is 11.8 Å². The van der Waals surface area contributed by atoms with Gasteiger partial charge < -0.3 is 10.3 Å². The van der Waals surface area contributed by atoms with Gasteiger partial charge in [0, 0.05) is 24.3 Å². The first-order valence-corrected chi connectivity index (χ1v) is 9.24. The second kappa shape index (κ2) is 6.08. The number of nitro groups is 1. The SMILES string of the molecule is CS(=O)(=O)C1CSCCN1c1cccc(NN)c1[N+](=O)[O-]. The fourth-order valence-corrected chi connectivity index (χ4v) is 5.12. The van der Waals surface area contributed by atoms with Gasteiger partial charge in [0.05, 0.1) is 4.92 Å². The maximum Gasteiger partial charge on any atom is 0.316 e. The van der Waals surface area contributed by atoms with Gasteiger partial charge in [-0.1, -0.05) is 6.07 Å². The van der Waals surface area contributed by atoms with Crippen molar-refractivity contribution in [3.63, 3.8) is 0 Å². The van der Waals surface area contributed by atoms with Crippen molar-refractivity contribution < 1.29 is 13.3 Å². The van der Waals surface area contributed by atoms with Gasteiger partial charge in [-0.05, 0) is 12.1 Å². The monoisotopic (exact) mass is 332 g/mol. The van der Waals surface area contributed by atoms with E-state index in [9.17, 15) is 18.5 Å². The van der Waals surface area contributed by atoms with Gasteiger partial charge >= 0.3 is 5.69 Å². The summed E-state index contributed by atoms with van der Waals surface area (Å²) in [6.45, 7) is 0.428. The normalized spacial score (nSPS) is 19.3. The van der Waals surface area contributed by atoms with Crippen molar-refractivity contribution >= 4 is 38.7 Å². The molecule has 0 spiro atoms. The Kier molecular flexibility index (Phi) is 4.59. The van der Waals surface area contributed by atoms with Crippen LogP contribution in [0.25, 0.3) is 0 Å². The van der Waals surface area contributed by atoms with Crippen LogP contribution in [0.4, 0.5) is 17.1 Å². The quantitative estimate of drug-likeness (QED) is 0.472. The third-order valence-corrected chi connectivity index (χ3v) is 5.88. The molecule has 116 valence electrons. The van der Waals surface area contributed by atoms with Crippen LogP contribution in [-0.4, -0.2) is 43.0 Å². The summed E-state index contributed by atoms with van der Waals surface area (Å²) >= 11 is 1.52. The molecule has 1 aromatic carbocycles. The molecule has 0 aliphatic carbocycles. The van der Waals surface area contributed by atoms with Gasteiger partial charge in [-0.15, -0.1) is 0 Å². The third kappa shape index (κ3) is 3.22. The largest absolute Gasteiger partial charge is 0.348 e. The Bertz CT molecular complexity index is 650. The highest BCUT2D eigenvalue weighted by Crippen LogP contribution is 2.38. The first-order valence-electron chi connectivity index (χ1n) is 6.13. The second-order valence-electron chi connectivity index (χ2n) is 4.63. The van der Waals surface area contributed by atoms with Gasteiger partial charge in [-0.2, -0.15) is 11.8 Å². The standard InChI is InChI=1S/C11H16N4O4S2/c1-21(18,19)10-7-20-6-5-14(10)9-4-2-3-8(13-12)11(9)15(16)17/h2-4,10,13H,5-7,12H2,1H3. The average Bonchev–Trinajstić information content (AvgIpc) is 2.45. The van der Waals surface area contributed by atoms with Crippen LogP contribution in [0.2, 0.25) is 0 Å². The number of hydrogen-bond donors (Lipinski definition) is 2. The number of para-hydroxylation sites is 1. The van der Waals surface area contributed by atoms with Gasteiger partial charge in [0.25, 0.3) is 0 Å². The van der Waals surface area contributed by atoms with E-state index in [0.717, 1.165) is 6.26 Å². The van der Waals surface area contributed by atoms with Crippen LogP contribution in [0, 0.1) is 10.1 Å². The minimum absolute atomic E-state index is 0.156. The van der Waals surface area contributed by atoms with Crippen molar-refractivity contribution in [2.75, 3.05) is 34.6 Å². The maximum absolute atomic E-state index is 11.9. The number of nitrogen functional groups attached to an aromatic ring is 1. The summed E-state index contributed by atoms with van der Waals surface area (Å²) in [6.07, 6.45) is 1.15. The van der Waals surface area contributed by atoms with Gasteiger partial charge in [0.1, 0.15) is 16.7 Å². The molecule has 1 heterocycles. The molecule has 21 heavy (non-hydrogen) atoms. The highest BCUT2D eigenvalue weighted by Gasteiger charge is 2.35. The number of rotatable bonds is 4. The molecule has 1 aromatic rings. The Hall–Kier alpha value is -1.52. The van der Waals surface area contributed by atoms with Crippen LogP contribution in [0.15, 0.2) is 18.2 Å². The van der Waals surface area contributed by atoms with Gasteiger partial charge in [0.2, 0.25) is 0 Å². The van der Waals surface area contributed by atoms with E-state index >= 15 is 0 Å². The van der Waals surface area contributed by atoms with E-state index in [0.29, 0.717) is 18.1 Å². The lowest BCUT2D eigenvalue weighted by Gasteiger charge is -2.35. The Balaban J connectivity index is 2.56. The molecular formula is C11H16N4O4S2. The molecule has 10 heteroatoms. The summed E-state index contributed by atoms with van der Waals surface area (Å²) in [6, 6.07) is 4.64. The number of thioether (sulfide) groups is 1. The number of nitrogens with one attached hydrogen (secondary N) is 1. The lowest BCUT2D eigenvalue weighted by atomic mass is 10.2. The maximum atomic E-state index is 11.9. The van der Waals surface area contributed by atoms with Gasteiger partial charge in [-0.25, -0.2) is 8.42 Å². The fraction of sp³-hybridized carbons (Fsp3) is 0.455. The van der Waals surface area contributed by atoms with E-state index in [-0.39, 0.29) is 17.1 Å². The van der Waals surface area contributed by atoms with E-state index in [2.05, 4.69) is 5.43 Å². The Morgan fingerprint density at radius 1 is 1.52 bits per heavy atom. The summed E-state index contributed by atoms with van der Waals surface area (Å²) in [7, 11) is -3.35. The minimum Gasteiger partial charge on any atom is -0.348 e. The number of benzene rings is 1. The number of nitrogens with two attached hydrogens (primary N) is 1. The Labute approximate surface area is 126 Å². The summed E-state index contributed by atoms with van der Waals surface area (Å²) in [5.74, 6) is 6.41. The number of sulfone groups is 1. The Morgan fingerprint density at radius 3 is 2.81 bits per heavy atom. The average molecular weight is 332 g/mol. The van der Waals surface area contributed by atoms with Crippen molar-refractivity contribution in [3.8, 4) is 0 Å². The number of hydrazine groups is 1. The molecule has 8 nitrogen and oxygen atoms in total. The molecule has 0 aromatic heterocycles. The van der Waals surface area contributed by atoms with Crippen molar-refractivity contribution in [3.05, 3.63) is 28.3 Å². The zero-order valence-corrected chi connectivity index (χ0v) is 13.0. The summed E-state index contributed by atoms with van der Waals surface area (Å²) in [5.41, 5.74) is 2.50. The first-order chi connectivity index (χ1) is 9.86. The van der Waals surface area contributed by atoms with Crippen LogP contribution in [0.3, 0.4) is 0 Å². The minimum atomic E-state index is -3.35. The lowest BCUT2D eigenvalue weighted by Crippen LogP contribution is -2.47. The fourth-order valence-electron chi connectivity index (χ4n) is 2.28. The number of nitrogens with zero attached hydrogens (tertiary/aromatic N) is 2. The highest BCUT2D eigenvalue weighted by atomic mass is 32.2. The molecule has 1 aliphatic heterocycles. The van der Waals surface area contributed by atoms with E-state index < -0.39 is 20.1 Å². The smallest absolute Gasteiger partial charge is 0.316 e. The molecule has 3 N–H and O–H groups in total. The first kappa shape index (κ1) is 15.9. The molecule has 1 fully saturated rings. The molecule has 2 rings (SSSR count). The molecular weight excluding hydrogens is 316 g/mol. The van der Waals surface area contributed by atoms with Crippen LogP contribution in [0.1, 0.15) is 0 Å². The van der Waals surface area contributed by atoms with Gasteiger partial charge in [-0.3, -0.25) is 16.0 Å². The Morgan fingerprint density at radius 2 is 2.24 bits per heavy atom. The van der Waals surface area contributed by atoms with Crippen molar-refractivity contribution in [1.29, 1.82) is 0 Å². The van der Waals surface area contributed by atoms with Crippen LogP contribution in [-0.2, 0) is 9.84 Å². The summed E-state index contributed by atoms with van der Waals surface area (Å²) < 4.78 is 23.9. The van der Waals surface area contributed by atoms with E-state index in [1.165, 1.54) is 17.8 Å². The van der Waals surface area contributed by atoms with Crippen molar-refractivity contribution in [2.24, 2.45) is 5.84 Å². The lowest BCUT2D eigenvalue weighted by molar-refractivity contribution is -0.383. The number of nitro benzene ring substituents is 1.